The molecular formula is C22H23N5O2S. The van der Waals surface area contributed by atoms with Crippen molar-refractivity contribution in [3.8, 4) is 5.82 Å². The van der Waals surface area contributed by atoms with Crippen molar-refractivity contribution in [3.63, 3.8) is 0 Å². The molecule has 8 heteroatoms. The molecule has 30 heavy (non-hydrogen) atoms. The number of thioether (sulfide) groups is 1. The van der Waals surface area contributed by atoms with Crippen molar-refractivity contribution in [2.45, 2.75) is 50.4 Å². The van der Waals surface area contributed by atoms with Gasteiger partial charge in [0.15, 0.2) is 11.0 Å². The van der Waals surface area contributed by atoms with Gasteiger partial charge in [-0.05, 0) is 38.1 Å². The van der Waals surface area contributed by atoms with E-state index in [-0.39, 0.29) is 16.2 Å². The second-order valence-corrected chi connectivity index (χ2v) is 9.46. The monoisotopic (exact) mass is 421 g/mol. The molecule has 0 amide bonds. The highest BCUT2D eigenvalue weighted by Gasteiger charge is 2.25. The molecule has 154 valence electrons. The molecule has 1 aromatic carbocycles. The van der Waals surface area contributed by atoms with Crippen LogP contribution in [-0.2, 0) is 5.41 Å². The Morgan fingerprint density at radius 3 is 2.50 bits per heavy atom. The highest BCUT2D eigenvalue weighted by atomic mass is 32.2. The largest absolute Gasteiger partial charge is 0.338 e. The standard InChI is InChI=1S/C22H23N5O2S/c1-13-9-8-12-17(23-13)27-19(28)15-10-6-7-11-16(15)24-21(27)30-14(2)18-25-20(26-29-18)22(3,4)5/h6-12,14H,1-5H3. The van der Waals surface area contributed by atoms with Crippen LogP contribution in [0.2, 0.25) is 0 Å². The summed E-state index contributed by atoms with van der Waals surface area (Å²) in [5.41, 5.74) is 1.10. The van der Waals surface area contributed by atoms with E-state index < -0.39 is 0 Å². The quantitative estimate of drug-likeness (QED) is 0.351. The van der Waals surface area contributed by atoms with Gasteiger partial charge in [-0.15, -0.1) is 0 Å². The lowest BCUT2D eigenvalue weighted by Gasteiger charge is -2.14. The lowest BCUT2D eigenvalue weighted by molar-refractivity contribution is 0.364. The third kappa shape index (κ3) is 3.87. The molecule has 0 aliphatic rings. The molecule has 1 unspecified atom stereocenters. The molecule has 3 heterocycles. The Labute approximate surface area is 178 Å². The van der Waals surface area contributed by atoms with Gasteiger partial charge in [-0.1, -0.05) is 55.9 Å². The summed E-state index contributed by atoms with van der Waals surface area (Å²) in [5.74, 6) is 1.68. The van der Waals surface area contributed by atoms with Gasteiger partial charge in [0, 0.05) is 11.1 Å². The summed E-state index contributed by atoms with van der Waals surface area (Å²) in [6, 6.07) is 12.9. The Kier molecular flexibility index (Phi) is 5.19. The summed E-state index contributed by atoms with van der Waals surface area (Å²) in [6.07, 6.45) is 0. The predicted octanol–water partition coefficient (Wildman–Crippen LogP) is 4.62. The molecule has 0 fully saturated rings. The van der Waals surface area contributed by atoms with Gasteiger partial charge in [0.05, 0.1) is 16.2 Å². The lowest BCUT2D eigenvalue weighted by Crippen LogP contribution is -2.23. The maximum Gasteiger partial charge on any atom is 0.267 e. The van der Waals surface area contributed by atoms with Crippen LogP contribution < -0.4 is 5.56 Å². The number of nitrogens with zero attached hydrogens (tertiary/aromatic N) is 5. The van der Waals surface area contributed by atoms with Crippen molar-refractivity contribution in [1.82, 2.24) is 24.7 Å². The van der Waals surface area contributed by atoms with Gasteiger partial charge in [0.1, 0.15) is 5.82 Å². The summed E-state index contributed by atoms with van der Waals surface area (Å²) in [7, 11) is 0. The zero-order valence-electron chi connectivity index (χ0n) is 17.6. The van der Waals surface area contributed by atoms with E-state index in [0.29, 0.717) is 33.6 Å². The van der Waals surface area contributed by atoms with Crippen molar-refractivity contribution < 1.29 is 4.52 Å². The topological polar surface area (TPSA) is 86.7 Å². The summed E-state index contributed by atoms with van der Waals surface area (Å²) < 4.78 is 7.05. The van der Waals surface area contributed by atoms with Crippen molar-refractivity contribution >= 4 is 22.7 Å². The van der Waals surface area contributed by atoms with E-state index in [1.807, 2.05) is 71.0 Å². The summed E-state index contributed by atoms with van der Waals surface area (Å²) in [5, 5.41) is 4.99. The van der Waals surface area contributed by atoms with Crippen LogP contribution in [0.4, 0.5) is 0 Å². The van der Waals surface area contributed by atoms with Gasteiger partial charge in [0.2, 0.25) is 5.89 Å². The summed E-state index contributed by atoms with van der Waals surface area (Å²) in [6.45, 7) is 9.95. The molecule has 3 aromatic heterocycles. The maximum absolute atomic E-state index is 13.3. The van der Waals surface area contributed by atoms with Crippen molar-refractivity contribution in [1.29, 1.82) is 0 Å². The predicted molar refractivity (Wildman–Crippen MR) is 117 cm³/mol. The van der Waals surface area contributed by atoms with Crippen molar-refractivity contribution in [2.75, 3.05) is 0 Å². The fraction of sp³-hybridized carbons (Fsp3) is 0.318. The minimum absolute atomic E-state index is 0.158. The molecule has 0 saturated carbocycles. The van der Waals surface area contributed by atoms with Crippen LogP contribution in [0.1, 0.15) is 50.4 Å². The van der Waals surface area contributed by atoms with Crippen molar-refractivity contribution in [3.05, 3.63) is 70.2 Å². The Morgan fingerprint density at radius 2 is 1.80 bits per heavy atom. The SMILES string of the molecule is Cc1cccc(-n2c(SC(C)c3nc(C(C)(C)C)no3)nc3ccccc3c2=O)n1. The minimum Gasteiger partial charge on any atom is -0.338 e. The molecule has 0 bridgehead atoms. The number of hydrogen-bond acceptors (Lipinski definition) is 7. The van der Waals surface area contributed by atoms with E-state index in [1.54, 1.807) is 10.6 Å². The van der Waals surface area contributed by atoms with E-state index in [9.17, 15) is 4.79 Å². The third-order valence-corrected chi connectivity index (χ3v) is 5.63. The highest BCUT2D eigenvalue weighted by Crippen LogP contribution is 2.34. The summed E-state index contributed by atoms with van der Waals surface area (Å²) in [4.78, 5) is 27.2. The van der Waals surface area contributed by atoms with Crippen LogP contribution >= 0.6 is 11.8 Å². The van der Waals surface area contributed by atoms with Crippen LogP contribution in [0.5, 0.6) is 0 Å². The smallest absolute Gasteiger partial charge is 0.267 e. The molecular weight excluding hydrogens is 398 g/mol. The maximum atomic E-state index is 13.3. The number of aromatic nitrogens is 5. The van der Waals surface area contributed by atoms with Gasteiger partial charge in [-0.2, -0.15) is 4.98 Å². The van der Waals surface area contributed by atoms with Crippen LogP contribution in [0.15, 0.2) is 56.9 Å². The molecule has 4 aromatic rings. The Bertz CT molecular complexity index is 1270. The van der Waals surface area contributed by atoms with Crippen LogP contribution in [0, 0.1) is 6.92 Å². The molecule has 0 saturated heterocycles. The van der Waals surface area contributed by atoms with Gasteiger partial charge >= 0.3 is 0 Å². The average Bonchev–Trinajstić information content (AvgIpc) is 3.19. The Morgan fingerprint density at radius 1 is 1.03 bits per heavy atom. The van der Waals surface area contributed by atoms with E-state index in [2.05, 4.69) is 15.1 Å². The van der Waals surface area contributed by atoms with Gasteiger partial charge < -0.3 is 4.52 Å². The number of fused-ring (bicyclic) bond motifs is 1. The van der Waals surface area contributed by atoms with Gasteiger partial charge in [-0.3, -0.25) is 4.79 Å². The lowest BCUT2D eigenvalue weighted by atomic mass is 9.96. The second-order valence-electron chi connectivity index (χ2n) is 8.16. The number of pyridine rings is 1. The van der Waals surface area contributed by atoms with Gasteiger partial charge in [0.25, 0.3) is 5.56 Å². The van der Waals surface area contributed by atoms with Crippen molar-refractivity contribution in [2.24, 2.45) is 0 Å². The van der Waals surface area contributed by atoms with Crippen LogP contribution in [0.3, 0.4) is 0 Å². The molecule has 4 rings (SSSR count). The normalized spacial score (nSPS) is 13.0. The molecule has 0 spiro atoms. The Balaban J connectivity index is 1.82. The van der Waals surface area contributed by atoms with Crippen LogP contribution in [0.25, 0.3) is 16.7 Å². The number of aryl methyl sites for hydroxylation is 1. The number of benzene rings is 1. The molecule has 0 aliphatic carbocycles. The minimum atomic E-state index is -0.207. The first-order valence-electron chi connectivity index (χ1n) is 9.70. The highest BCUT2D eigenvalue weighted by molar-refractivity contribution is 7.99. The number of hydrogen-bond donors (Lipinski definition) is 0. The first-order chi connectivity index (χ1) is 14.2. The molecule has 0 N–H and O–H groups in total. The zero-order chi connectivity index (χ0) is 21.5. The van der Waals surface area contributed by atoms with E-state index in [4.69, 9.17) is 9.51 Å². The second kappa shape index (κ2) is 7.68. The molecule has 7 nitrogen and oxygen atoms in total. The van der Waals surface area contributed by atoms with E-state index in [1.165, 1.54) is 11.8 Å². The first-order valence-corrected chi connectivity index (χ1v) is 10.6. The Hall–Kier alpha value is -3.00. The summed E-state index contributed by atoms with van der Waals surface area (Å²) >= 11 is 1.39. The zero-order valence-corrected chi connectivity index (χ0v) is 18.4. The molecule has 0 aliphatic heterocycles. The van der Waals surface area contributed by atoms with E-state index in [0.717, 1.165) is 5.69 Å². The molecule has 0 radical (unpaired) electrons. The fourth-order valence-corrected chi connectivity index (χ4v) is 3.91. The van der Waals surface area contributed by atoms with Gasteiger partial charge in [-0.25, -0.2) is 14.5 Å². The average molecular weight is 422 g/mol. The van der Waals surface area contributed by atoms with Crippen LogP contribution in [-0.4, -0.2) is 24.7 Å². The number of rotatable bonds is 4. The number of para-hydroxylation sites is 1. The molecule has 1 atom stereocenters. The first kappa shape index (κ1) is 20.3. The van der Waals surface area contributed by atoms with E-state index >= 15 is 0 Å². The fourth-order valence-electron chi connectivity index (χ4n) is 2.96. The third-order valence-electron chi connectivity index (χ3n) is 4.59.